The lowest BCUT2D eigenvalue weighted by atomic mass is 9.95. The number of carbonyl (C=O) groups excluding carboxylic acids is 2. The summed E-state index contributed by atoms with van der Waals surface area (Å²) in [6, 6.07) is 15.8. The highest BCUT2D eigenvalue weighted by Gasteiger charge is 2.43. The minimum Gasteiger partial charge on any atom is -0.480 e. The molecule has 7 heteroatoms. The van der Waals surface area contributed by atoms with Crippen molar-refractivity contribution >= 4 is 18.0 Å². The fourth-order valence-corrected chi connectivity index (χ4v) is 5.13. The van der Waals surface area contributed by atoms with Crippen LogP contribution in [0, 0.1) is 5.92 Å². The first-order valence-corrected chi connectivity index (χ1v) is 12.0. The fraction of sp³-hybridized carbons (Fsp3) is 0.444. The minimum atomic E-state index is -1.19. The Kier molecular flexibility index (Phi) is 6.91. The number of nitrogens with one attached hydrogen (secondary N) is 2. The van der Waals surface area contributed by atoms with Gasteiger partial charge in [-0.2, -0.15) is 0 Å². The molecule has 0 radical (unpaired) electrons. The number of fused-ring (bicyclic) bond motifs is 3. The summed E-state index contributed by atoms with van der Waals surface area (Å²) in [5.41, 5.74) is 3.38. The number of benzene rings is 2. The SMILES string of the molecule is CC(C)C(CC(=O)NC1(C(=O)O)CCCC1)NC(=O)OCC1c2ccccc2-c2ccccc21. The van der Waals surface area contributed by atoms with Crippen molar-refractivity contribution in [1.29, 1.82) is 0 Å². The van der Waals surface area contributed by atoms with Gasteiger partial charge in [-0.3, -0.25) is 4.79 Å². The summed E-state index contributed by atoms with van der Waals surface area (Å²) in [5.74, 6) is -1.45. The van der Waals surface area contributed by atoms with Gasteiger partial charge in [0.1, 0.15) is 12.1 Å². The number of hydrogen-bond donors (Lipinski definition) is 3. The Morgan fingerprint density at radius 3 is 2.09 bits per heavy atom. The summed E-state index contributed by atoms with van der Waals surface area (Å²) in [6.07, 6.45) is 1.83. The van der Waals surface area contributed by atoms with Crippen LogP contribution in [0.2, 0.25) is 0 Å². The molecule has 0 aromatic heterocycles. The predicted octanol–water partition coefficient (Wildman–Crippen LogP) is 4.45. The molecule has 2 aliphatic carbocycles. The monoisotopic (exact) mass is 464 g/mol. The topological polar surface area (TPSA) is 105 Å². The van der Waals surface area contributed by atoms with Crippen molar-refractivity contribution in [3.63, 3.8) is 0 Å². The van der Waals surface area contributed by atoms with Crippen molar-refractivity contribution in [2.75, 3.05) is 6.61 Å². The van der Waals surface area contributed by atoms with Crippen LogP contribution < -0.4 is 10.6 Å². The third-order valence-corrected chi connectivity index (χ3v) is 7.10. The second kappa shape index (κ2) is 9.87. The highest BCUT2D eigenvalue weighted by molar-refractivity contribution is 5.87. The molecule has 1 fully saturated rings. The summed E-state index contributed by atoms with van der Waals surface area (Å²) < 4.78 is 5.62. The number of hydrogen-bond acceptors (Lipinski definition) is 4. The number of amides is 2. The Morgan fingerprint density at radius 1 is 1.00 bits per heavy atom. The van der Waals surface area contributed by atoms with Gasteiger partial charge in [0, 0.05) is 18.4 Å². The number of rotatable bonds is 8. The van der Waals surface area contributed by atoms with E-state index >= 15 is 0 Å². The summed E-state index contributed by atoms with van der Waals surface area (Å²) >= 11 is 0. The lowest BCUT2D eigenvalue weighted by molar-refractivity contribution is -0.147. The number of carboxylic acids is 1. The van der Waals surface area contributed by atoms with E-state index in [4.69, 9.17) is 4.74 Å². The maximum atomic E-state index is 12.7. The summed E-state index contributed by atoms with van der Waals surface area (Å²) in [7, 11) is 0. The Balaban J connectivity index is 1.37. The molecule has 0 aliphatic heterocycles. The lowest BCUT2D eigenvalue weighted by Gasteiger charge is -2.28. The average molecular weight is 465 g/mol. The van der Waals surface area contributed by atoms with Crippen molar-refractivity contribution in [2.45, 2.75) is 63.5 Å². The van der Waals surface area contributed by atoms with Crippen molar-refractivity contribution in [3.8, 4) is 11.1 Å². The van der Waals surface area contributed by atoms with Crippen LogP contribution in [0.5, 0.6) is 0 Å². The number of alkyl carbamates (subject to hydrolysis) is 1. The van der Waals surface area contributed by atoms with Gasteiger partial charge in [0.05, 0.1) is 0 Å². The molecule has 4 rings (SSSR count). The van der Waals surface area contributed by atoms with Gasteiger partial charge in [0.25, 0.3) is 0 Å². The molecular weight excluding hydrogens is 432 g/mol. The van der Waals surface area contributed by atoms with Crippen LogP contribution in [0.1, 0.15) is 63.0 Å². The zero-order valence-corrected chi connectivity index (χ0v) is 19.7. The number of ether oxygens (including phenoxy) is 1. The van der Waals surface area contributed by atoms with E-state index in [2.05, 4.69) is 34.9 Å². The Morgan fingerprint density at radius 2 is 1.56 bits per heavy atom. The van der Waals surface area contributed by atoms with Crippen LogP contribution in [0.25, 0.3) is 11.1 Å². The van der Waals surface area contributed by atoms with E-state index in [1.165, 1.54) is 0 Å². The minimum absolute atomic E-state index is 0.00308. The van der Waals surface area contributed by atoms with Crippen LogP contribution in [0.15, 0.2) is 48.5 Å². The quantitative estimate of drug-likeness (QED) is 0.535. The largest absolute Gasteiger partial charge is 0.480 e. The van der Waals surface area contributed by atoms with Gasteiger partial charge in [-0.05, 0) is 41.0 Å². The van der Waals surface area contributed by atoms with E-state index in [1.807, 2.05) is 38.1 Å². The molecule has 2 aliphatic rings. The maximum absolute atomic E-state index is 12.7. The predicted molar refractivity (Wildman–Crippen MR) is 128 cm³/mol. The van der Waals surface area contributed by atoms with Crippen molar-refractivity contribution in [1.82, 2.24) is 10.6 Å². The van der Waals surface area contributed by atoms with Gasteiger partial charge in [-0.25, -0.2) is 9.59 Å². The van der Waals surface area contributed by atoms with Crippen LogP contribution in [-0.4, -0.2) is 41.3 Å². The molecule has 0 spiro atoms. The molecule has 0 bridgehead atoms. The third-order valence-electron chi connectivity index (χ3n) is 7.10. The van der Waals surface area contributed by atoms with Crippen molar-refractivity contribution < 1.29 is 24.2 Å². The second-order valence-electron chi connectivity index (χ2n) is 9.67. The van der Waals surface area contributed by atoms with Gasteiger partial charge in [0.2, 0.25) is 5.91 Å². The first kappa shape index (κ1) is 23.8. The highest BCUT2D eigenvalue weighted by Crippen LogP contribution is 2.44. The number of aliphatic carboxylic acids is 1. The summed E-state index contributed by atoms with van der Waals surface area (Å²) in [6.45, 7) is 4.01. The van der Waals surface area contributed by atoms with Crippen molar-refractivity contribution in [2.24, 2.45) is 5.92 Å². The molecular formula is C27H32N2O5. The van der Waals surface area contributed by atoms with Gasteiger partial charge in [-0.15, -0.1) is 0 Å². The van der Waals surface area contributed by atoms with Crippen LogP contribution in [-0.2, 0) is 14.3 Å². The van der Waals surface area contributed by atoms with Gasteiger partial charge in [0.15, 0.2) is 0 Å². The van der Waals surface area contributed by atoms with E-state index in [0.29, 0.717) is 12.8 Å². The van der Waals surface area contributed by atoms with E-state index in [0.717, 1.165) is 35.1 Å². The molecule has 2 amide bonds. The first-order chi connectivity index (χ1) is 16.3. The van der Waals surface area contributed by atoms with Gasteiger partial charge >= 0.3 is 12.1 Å². The smallest absolute Gasteiger partial charge is 0.407 e. The second-order valence-corrected chi connectivity index (χ2v) is 9.67. The first-order valence-electron chi connectivity index (χ1n) is 12.0. The third kappa shape index (κ3) is 4.79. The van der Waals surface area contributed by atoms with Crippen LogP contribution in [0.4, 0.5) is 4.79 Å². The molecule has 0 saturated heterocycles. The van der Waals surface area contributed by atoms with Crippen LogP contribution in [0.3, 0.4) is 0 Å². The molecule has 34 heavy (non-hydrogen) atoms. The Bertz CT molecular complexity index is 1030. The van der Waals surface area contributed by atoms with Crippen LogP contribution >= 0.6 is 0 Å². The molecule has 1 atom stereocenters. The molecule has 0 heterocycles. The summed E-state index contributed by atoms with van der Waals surface area (Å²) in [4.78, 5) is 37.1. The molecule has 2 aromatic rings. The van der Waals surface area contributed by atoms with Gasteiger partial charge < -0.3 is 20.5 Å². The fourth-order valence-electron chi connectivity index (χ4n) is 5.13. The standard InChI is InChI=1S/C27H32N2O5/c1-17(2)23(15-24(30)29-27(25(31)32)13-7-8-14-27)28-26(33)34-16-22-20-11-5-3-9-18(20)19-10-4-6-12-21(19)22/h3-6,9-12,17,22-23H,7-8,13-16H2,1-2H3,(H,28,33)(H,29,30)(H,31,32). The molecule has 180 valence electrons. The number of carboxylic acid groups (broad SMARTS) is 1. The average Bonchev–Trinajstić information content (AvgIpc) is 3.41. The van der Waals surface area contributed by atoms with E-state index in [-0.39, 0.29) is 30.8 Å². The molecule has 7 nitrogen and oxygen atoms in total. The Labute approximate surface area is 199 Å². The molecule has 1 unspecified atom stereocenters. The molecule has 2 aromatic carbocycles. The van der Waals surface area contributed by atoms with E-state index in [9.17, 15) is 19.5 Å². The molecule has 1 saturated carbocycles. The van der Waals surface area contributed by atoms with E-state index in [1.54, 1.807) is 0 Å². The zero-order valence-electron chi connectivity index (χ0n) is 19.7. The summed E-state index contributed by atoms with van der Waals surface area (Å²) in [5, 5.41) is 15.1. The van der Waals surface area contributed by atoms with Crippen molar-refractivity contribution in [3.05, 3.63) is 59.7 Å². The molecule has 3 N–H and O–H groups in total. The maximum Gasteiger partial charge on any atom is 0.407 e. The Hall–Kier alpha value is -3.35. The lowest BCUT2D eigenvalue weighted by Crippen LogP contribution is -2.54. The normalized spacial score (nSPS) is 17.0. The van der Waals surface area contributed by atoms with Gasteiger partial charge in [-0.1, -0.05) is 75.2 Å². The highest BCUT2D eigenvalue weighted by atomic mass is 16.5. The zero-order chi connectivity index (χ0) is 24.3. The number of carbonyl (C=O) groups is 3. The van der Waals surface area contributed by atoms with E-state index < -0.39 is 23.6 Å².